The lowest BCUT2D eigenvalue weighted by molar-refractivity contribution is 0.0341. The first-order chi connectivity index (χ1) is 8.93. The first-order valence-corrected chi connectivity index (χ1v) is 6.39. The molecule has 1 heterocycles. The van der Waals surface area contributed by atoms with Crippen molar-refractivity contribution < 1.29 is 14.0 Å². The quantitative estimate of drug-likeness (QED) is 0.667. The molecule has 1 aromatic carbocycles. The number of hydrogen-bond donors (Lipinski definition) is 1. The van der Waals surface area contributed by atoms with Crippen LogP contribution in [0.2, 0.25) is 0 Å². The van der Waals surface area contributed by atoms with Crippen molar-refractivity contribution >= 4 is 18.3 Å². The van der Waals surface area contributed by atoms with Crippen LogP contribution in [0.25, 0.3) is 0 Å². The fraction of sp³-hybridized carbons (Fsp3) is 0.500. The average molecular weight is 261 g/mol. The van der Waals surface area contributed by atoms with E-state index in [1.807, 2.05) is 18.2 Å². The van der Waals surface area contributed by atoms with Crippen LogP contribution in [0.5, 0.6) is 5.75 Å². The van der Waals surface area contributed by atoms with Crippen LogP contribution >= 0.6 is 0 Å². The Morgan fingerprint density at radius 1 is 1.32 bits per heavy atom. The van der Waals surface area contributed by atoms with E-state index in [-0.39, 0.29) is 5.41 Å². The summed E-state index contributed by atoms with van der Waals surface area (Å²) >= 11 is 0. The second kappa shape index (κ2) is 5.35. The van der Waals surface area contributed by atoms with Gasteiger partial charge in [-0.15, -0.1) is 0 Å². The van der Waals surface area contributed by atoms with Crippen molar-refractivity contribution in [1.82, 2.24) is 0 Å². The maximum atomic E-state index is 7.71. The Kier molecular flexibility index (Phi) is 3.97. The fourth-order valence-electron chi connectivity index (χ4n) is 2.02. The molecular weight excluding hydrogens is 241 g/mol. The van der Waals surface area contributed by atoms with E-state index in [2.05, 4.69) is 13.8 Å². The van der Waals surface area contributed by atoms with Gasteiger partial charge in [0, 0.05) is 29.8 Å². The van der Waals surface area contributed by atoms with Crippen molar-refractivity contribution in [3.8, 4) is 5.75 Å². The van der Waals surface area contributed by atoms with Gasteiger partial charge in [-0.1, -0.05) is 13.8 Å². The molecular formula is C14H20BNO3. The van der Waals surface area contributed by atoms with E-state index < -0.39 is 7.12 Å². The number of ether oxygens (including phenoxy) is 1. The summed E-state index contributed by atoms with van der Waals surface area (Å²) in [6.45, 7) is 7.28. The van der Waals surface area contributed by atoms with Gasteiger partial charge in [-0.25, -0.2) is 0 Å². The van der Waals surface area contributed by atoms with E-state index in [9.17, 15) is 0 Å². The van der Waals surface area contributed by atoms with Gasteiger partial charge < -0.3 is 19.5 Å². The Hall–Kier alpha value is -1.33. The monoisotopic (exact) mass is 261 g/mol. The minimum Gasteiger partial charge on any atom is -0.497 e. The third-order valence-corrected chi connectivity index (χ3v) is 3.17. The Morgan fingerprint density at radius 2 is 1.95 bits per heavy atom. The first kappa shape index (κ1) is 14.1. The minimum atomic E-state index is -0.415. The summed E-state index contributed by atoms with van der Waals surface area (Å²) in [4.78, 5) is 0. The van der Waals surface area contributed by atoms with Gasteiger partial charge in [-0.2, -0.15) is 0 Å². The van der Waals surface area contributed by atoms with Gasteiger partial charge in [-0.05, 0) is 30.7 Å². The maximum absolute atomic E-state index is 7.71. The van der Waals surface area contributed by atoms with E-state index in [0.29, 0.717) is 18.9 Å². The molecule has 0 unspecified atom stereocenters. The summed E-state index contributed by atoms with van der Waals surface area (Å²) in [7, 11) is 1.21. The maximum Gasteiger partial charge on any atom is 0.497 e. The van der Waals surface area contributed by atoms with Crippen molar-refractivity contribution in [2.24, 2.45) is 5.41 Å². The predicted molar refractivity (Wildman–Crippen MR) is 76.6 cm³/mol. The van der Waals surface area contributed by atoms with Crippen LogP contribution in [0.3, 0.4) is 0 Å². The van der Waals surface area contributed by atoms with Gasteiger partial charge in [0.2, 0.25) is 0 Å². The standard InChI is InChI=1S/C14H20BNO3/c1-10(16)11-5-6-13(17-4)12(7-11)15-18-8-14(2,3)9-19-15/h5-7,16H,8-9H2,1-4H3. The first-order valence-electron chi connectivity index (χ1n) is 6.39. The van der Waals surface area contributed by atoms with Gasteiger partial charge in [0.05, 0.1) is 7.11 Å². The summed E-state index contributed by atoms with van der Waals surface area (Å²) in [6, 6.07) is 5.64. The summed E-state index contributed by atoms with van der Waals surface area (Å²) in [5.74, 6) is 0.731. The van der Waals surface area contributed by atoms with Crippen LogP contribution in [0.1, 0.15) is 26.3 Å². The Morgan fingerprint density at radius 3 is 2.47 bits per heavy atom. The van der Waals surface area contributed by atoms with Crippen molar-refractivity contribution in [2.45, 2.75) is 20.8 Å². The van der Waals surface area contributed by atoms with Gasteiger partial charge in [-0.3, -0.25) is 0 Å². The molecule has 1 saturated heterocycles. The third kappa shape index (κ3) is 3.17. The highest BCUT2D eigenvalue weighted by molar-refractivity contribution is 6.62. The van der Waals surface area contributed by atoms with Crippen molar-refractivity contribution in [1.29, 1.82) is 5.41 Å². The molecule has 1 fully saturated rings. The van der Waals surface area contributed by atoms with E-state index in [4.69, 9.17) is 19.5 Å². The Labute approximate surface area is 114 Å². The zero-order valence-electron chi connectivity index (χ0n) is 11.9. The van der Waals surface area contributed by atoms with Crippen LogP contribution in [-0.4, -0.2) is 33.2 Å². The Balaban J connectivity index is 2.27. The number of rotatable bonds is 3. The Bertz CT molecular complexity index is 478. The van der Waals surface area contributed by atoms with E-state index in [0.717, 1.165) is 16.8 Å². The highest BCUT2D eigenvalue weighted by Crippen LogP contribution is 2.23. The van der Waals surface area contributed by atoms with Crippen LogP contribution in [0.4, 0.5) is 0 Å². The zero-order chi connectivity index (χ0) is 14.0. The molecule has 0 aromatic heterocycles. The smallest absolute Gasteiger partial charge is 0.497 e. The number of benzene rings is 1. The molecule has 1 aromatic rings. The zero-order valence-corrected chi connectivity index (χ0v) is 11.9. The second-order valence-electron chi connectivity index (χ2n) is 5.70. The van der Waals surface area contributed by atoms with Crippen LogP contribution in [-0.2, 0) is 9.31 Å². The molecule has 4 nitrogen and oxygen atoms in total. The molecule has 0 bridgehead atoms. The topological polar surface area (TPSA) is 51.5 Å². The molecule has 1 N–H and O–H groups in total. The molecule has 0 radical (unpaired) electrons. The van der Waals surface area contributed by atoms with Crippen molar-refractivity contribution in [2.75, 3.05) is 20.3 Å². The third-order valence-electron chi connectivity index (χ3n) is 3.17. The van der Waals surface area contributed by atoms with E-state index >= 15 is 0 Å². The van der Waals surface area contributed by atoms with E-state index in [1.165, 1.54) is 0 Å². The van der Waals surface area contributed by atoms with Gasteiger partial charge >= 0.3 is 7.12 Å². The van der Waals surface area contributed by atoms with Gasteiger partial charge in [0.15, 0.2) is 0 Å². The molecule has 0 saturated carbocycles. The lowest BCUT2D eigenvalue weighted by atomic mass is 9.74. The number of methoxy groups -OCH3 is 1. The molecule has 19 heavy (non-hydrogen) atoms. The SMILES string of the molecule is COc1ccc(C(C)=N)cc1B1OCC(C)(C)CO1. The molecule has 1 aliphatic heterocycles. The highest BCUT2D eigenvalue weighted by Gasteiger charge is 2.35. The molecule has 5 heteroatoms. The normalized spacial score (nSPS) is 18.2. The predicted octanol–water partition coefficient (Wildman–Crippen LogP) is 1.85. The second-order valence-corrected chi connectivity index (χ2v) is 5.70. The van der Waals surface area contributed by atoms with Gasteiger partial charge in [0.25, 0.3) is 0 Å². The number of hydrogen-bond acceptors (Lipinski definition) is 4. The van der Waals surface area contributed by atoms with Crippen LogP contribution < -0.4 is 10.2 Å². The summed E-state index contributed by atoms with van der Waals surface area (Å²) < 4.78 is 16.9. The minimum absolute atomic E-state index is 0.0405. The van der Waals surface area contributed by atoms with E-state index in [1.54, 1.807) is 14.0 Å². The molecule has 0 aliphatic carbocycles. The molecule has 0 amide bonds. The van der Waals surface area contributed by atoms with Crippen molar-refractivity contribution in [3.63, 3.8) is 0 Å². The van der Waals surface area contributed by atoms with Crippen molar-refractivity contribution in [3.05, 3.63) is 23.8 Å². The largest absolute Gasteiger partial charge is 0.497 e. The summed E-state index contributed by atoms with van der Waals surface area (Å²) in [6.07, 6.45) is 0. The lowest BCUT2D eigenvalue weighted by Gasteiger charge is -2.33. The molecule has 0 atom stereocenters. The average Bonchev–Trinajstić information content (AvgIpc) is 2.38. The molecule has 0 spiro atoms. The van der Waals surface area contributed by atoms with Crippen LogP contribution in [0.15, 0.2) is 18.2 Å². The summed E-state index contributed by atoms with van der Waals surface area (Å²) in [5.41, 5.74) is 2.26. The molecule has 2 rings (SSSR count). The molecule has 1 aliphatic rings. The van der Waals surface area contributed by atoms with Gasteiger partial charge in [0.1, 0.15) is 5.75 Å². The lowest BCUT2D eigenvalue weighted by Crippen LogP contribution is -2.47. The van der Waals surface area contributed by atoms with Crippen LogP contribution in [0, 0.1) is 10.8 Å². The highest BCUT2D eigenvalue weighted by atomic mass is 16.6. The summed E-state index contributed by atoms with van der Waals surface area (Å²) in [5, 5.41) is 7.71. The fourth-order valence-corrected chi connectivity index (χ4v) is 2.02. The number of nitrogens with one attached hydrogen (secondary N) is 1. The molecule has 102 valence electrons.